The van der Waals surface area contributed by atoms with Gasteiger partial charge in [-0.3, -0.25) is 4.79 Å². The molecule has 0 aliphatic heterocycles. The van der Waals surface area contributed by atoms with Gasteiger partial charge in [0.05, 0.1) is 12.0 Å². The van der Waals surface area contributed by atoms with Crippen molar-refractivity contribution in [3.63, 3.8) is 0 Å². The van der Waals surface area contributed by atoms with E-state index in [1.165, 1.54) is 6.07 Å². The number of amides is 1. The molecule has 0 saturated heterocycles. The summed E-state index contributed by atoms with van der Waals surface area (Å²) in [7, 11) is -4.45. The Bertz CT molecular complexity index is 1380. The first kappa shape index (κ1) is 27.0. The molecule has 0 fully saturated rings. The summed E-state index contributed by atoms with van der Waals surface area (Å²) in [5.41, 5.74) is 3.59. The van der Waals surface area contributed by atoms with Crippen LogP contribution in [0.3, 0.4) is 0 Å². The lowest BCUT2D eigenvalue weighted by Crippen LogP contribution is -2.32. The van der Waals surface area contributed by atoms with Crippen molar-refractivity contribution in [1.82, 2.24) is 4.72 Å². The maximum absolute atomic E-state index is 13.5. The minimum Gasteiger partial charge on any atom is -0.507 e. The summed E-state index contributed by atoms with van der Waals surface area (Å²) in [4.78, 5) is 12.3. The van der Waals surface area contributed by atoms with E-state index >= 15 is 0 Å². The standard InChI is InChI=1S/C29H33NO5S/c1-5-6-8-13-22-18-25(31)27(24-16-20(4)14-15-23(24)19(2)3)28(33)29(22)36(34,35)30-26(32)17-21-11-9-7-10-12-21/h7,9-12,14-16,18,31,33H,2,5-6,8,13,17H2,1,3-4H3,(H,30,32). The van der Waals surface area contributed by atoms with Crippen molar-refractivity contribution in [3.8, 4) is 22.6 Å². The highest BCUT2D eigenvalue weighted by Crippen LogP contribution is 2.46. The van der Waals surface area contributed by atoms with Gasteiger partial charge in [-0.05, 0) is 55.0 Å². The number of carbonyl (C=O) groups excluding carboxylic acids is 1. The first-order valence-electron chi connectivity index (χ1n) is 12.0. The number of benzene rings is 3. The number of allylic oxidation sites excluding steroid dienone is 1. The van der Waals surface area contributed by atoms with Crippen molar-refractivity contribution in [2.75, 3.05) is 0 Å². The van der Waals surface area contributed by atoms with E-state index in [0.29, 0.717) is 35.1 Å². The summed E-state index contributed by atoms with van der Waals surface area (Å²) in [6, 6.07) is 15.6. The molecular weight excluding hydrogens is 474 g/mol. The van der Waals surface area contributed by atoms with Crippen LogP contribution in [0.25, 0.3) is 16.7 Å². The Kier molecular flexibility index (Phi) is 8.58. The first-order valence-corrected chi connectivity index (χ1v) is 13.5. The zero-order valence-electron chi connectivity index (χ0n) is 21.0. The van der Waals surface area contributed by atoms with Gasteiger partial charge >= 0.3 is 0 Å². The van der Waals surface area contributed by atoms with Gasteiger partial charge < -0.3 is 10.2 Å². The highest BCUT2D eigenvalue weighted by Gasteiger charge is 2.30. The Hall–Kier alpha value is -3.58. The average Bonchev–Trinajstić information content (AvgIpc) is 2.79. The number of unbranched alkanes of at least 4 members (excludes halogenated alkanes) is 2. The lowest BCUT2D eigenvalue weighted by Gasteiger charge is -2.19. The molecule has 0 aliphatic carbocycles. The molecule has 6 nitrogen and oxygen atoms in total. The zero-order chi connectivity index (χ0) is 26.5. The molecule has 0 aromatic heterocycles. The minimum atomic E-state index is -4.45. The number of aromatic hydroxyl groups is 2. The summed E-state index contributed by atoms with van der Waals surface area (Å²) >= 11 is 0. The predicted molar refractivity (Wildman–Crippen MR) is 143 cm³/mol. The van der Waals surface area contributed by atoms with Crippen LogP contribution in [-0.2, 0) is 27.7 Å². The van der Waals surface area contributed by atoms with Crippen LogP contribution in [0.2, 0.25) is 0 Å². The molecule has 0 unspecified atom stereocenters. The second kappa shape index (κ2) is 11.4. The SMILES string of the molecule is C=C(C)c1ccc(C)cc1-c1c(O)cc(CCCCC)c(S(=O)(=O)NC(=O)Cc2ccccc2)c1O. The quantitative estimate of drug-likeness (QED) is 0.297. The summed E-state index contributed by atoms with van der Waals surface area (Å²) < 4.78 is 29.1. The van der Waals surface area contributed by atoms with Crippen LogP contribution in [0, 0.1) is 6.92 Å². The molecule has 3 aromatic carbocycles. The van der Waals surface area contributed by atoms with Crippen LogP contribution in [0.15, 0.2) is 66.1 Å². The summed E-state index contributed by atoms with van der Waals surface area (Å²) in [6.45, 7) is 9.66. The van der Waals surface area contributed by atoms with E-state index in [-0.39, 0.29) is 28.2 Å². The molecule has 1 amide bonds. The third kappa shape index (κ3) is 6.15. The molecule has 0 spiro atoms. The Morgan fingerprint density at radius 3 is 2.36 bits per heavy atom. The molecule has 0 bridgehead atoms. The third-order valence-corrected chi connectivity index (χ3v) is 7.48. The fourth-order valence-electron chi connectivity index (χ4n) is 4.26. The molecule has 0 saturated carbocycles. The molecule has 190 valence electrons. The number of hydrogen-bond donors (Lipinski definition) is 3. The van der Waals surface area contributed by atoms with Crippen LogP contribution < -0.4 is 4.72 Å². The molecule has 3 aromatic rings. The van der Waals surface area contributed by atoms with Gasteiger partial charge in [-0.2, -0.15) is 0 Å². The predicted octanol–water partition coefficient (Wildman–Crippen LogP) is 5.89. The largest absolute Gasteiger partial charge is 0.507 e. The molecule has 0 atom stereocenters. The Balaban J connectivity index is 2.15. The van der Waals surface area contributed by atoms with E-state index < -0.39 is 21.7 Å². The molecule has 0 aliphatic rings. The monoisotopic (exact) mass is 507 g/mol. The second-order valence-electron chi connectivity index (χ2n) is 9.09. The third-order valence-electron chi connectivity index (χ3n) is 5.99. The van der Waals surface area contributed by atoms with Crippen LogP contribution in [-0.4, -0.2) is 24.5 Å². The molecule has 0 radical (unpaired) electrons. The number of rotatable bonds is 10. The smallest absolute Gasteiger partial charge is 0.268 e. The highest BCUT2D eigenvalue weighted by molar-refractivity contribution is 7.90. The van der Waals surface area contributed by atoms with Gasteiger partial charge in [-0.15, -0.1) is 0 Å². The van der Waals surface area contributed by atoms with Crippen molar-refractivity contribution in [2.24, 2.45) is 0 Å². The lowest BCUT2D eigenvalue weighted by molar-refractivity contribution is -0.118. The summed E-state index contributed by atoms with van der Waals surface area (Å²) in [5.74, 6) is -1.54. The van der Waals surface area contributed by atoms with E-state index in [9.17, 15) is 23.4 Å². The number of hydrogen-bond acceptors (Lipinski definition) is 5. The minimum absolute atomic E-state index is 0.00757. The van der Waals surface area contributed by atoms with E-state index in [2.05, 4.69) is 11.3 Å². The molecular formula is C29H33NO5S. The summed E-state index contributed by atoms with van der Waals surface area (Å²) in [6.07, 6.45) is 2.61. The topological polar surface area (TPSA) is 104 Å². The van der Waals surface area contributed by atoms with E-state index in [1.54, 1.807) is 43.3 Å². The fourth-order valence-corrected chi connectivity index (χ4v) is 5.60. The van der Waals surface area contributed by atoms with Crippen LogP contribution in [0.4, 0.5) is 0 Å². The fraction of sp³-hybridized carbons (Fsp3) is 0.276. The van der Waals surface area contributed by atoms with E-state index in [1.807, 2.05) is 26.0 Å². The second-order valence-corrected chi connectivity index (χ2v) is 10.7. The number of carbonyl (C=O) groups is 1. The Labute approximate surface area is 213 Å². The maximum Gasteiger partial charge on any atom is 0.268 e. The number of phenols is 2. The van der Waals surface area contributed by atoms with Gasteiger partial charge in [0, 0.05) is 0 Å². The number of phenolic OH excluding ortho intramolecular Hbond substituents is 2. The van der Waals surface area contributed by atoms with E-state index in [4.69, 9.17) is 0 Å². The molecule has 7 heteroatoms. The Morgan fingerprint density at radius 2 is 1.72 bits per heavy atom. The van der Waals surface area contributed by atoms with Crippen molar-refractivity contribution in [3.05, 3.63) is 83.4 Å². The van der Waals surface area contributed by atoms with Crippen molar-refractivity contribution in [1.29, 1.82) is 0 Å². The van der Waals surface area contributed by atoms with Gasteiger partial charge in [0.1, 0.15) is 16.4 Å². The van der Waals surface area contributed by atoms with Crippen molar-refractivity contribution >= 4 is 21.5 Å². The van der Waals surface area contributed by atoms with Crippen LogP contribution in [0.5, 0.6) is 11.5 Å². The number of nitrogens with one attached hydrogen (secondary N) is 1. The van der Waals surface area contributed by atoms with Crippen molar-refractivity contribution < 1.29 is 23.4 Å². The average molecular weight is 508 g/mol. The van der Waals surface area contributed by atoms with Crippen LogP contribution >= 0.6 is 0 Å². The van der Waals surface area contributed by atoms with Gasteiger partial charge in [-0.25, -0.2) is 13.1 Å². The number of sulfonamides is 1. The van der Waals surface area contributed by atoms with Gasteiger partial charge in [0.25, 0.3) is 10.0 Å². The Morgan fingerprint density at radius 1 is 1.03 bits per heavy atom. The number of aryl methyl sites for hydroxylation is 2. The van der Waals surface area contributed by atoms with Gasteiger partial charge in [-0.1, -0.05) is 86.0 Å². The van der Waals surface area contributed by atoms with E-state index in [0.717, 1.165) is 18.4 Å². The summed E-state index contributed by atoms with van der Waals surface area (Å²) in [5, 5.41) is 22.4. The van der Waals surface area contributed by atoms with Crippen LogP contribution in [0.1, 0.15) is 55.4 Å². The zero-order valence-corrected chi connectivity index (χ0v) is 21.8. The maximum atomic E-state index is 13.5. The van der Waals surface area contributed by atoms with Gasteiger partial charge in [0.15, 0.2) is 0 Å². The molecule has 36 heavy (non-hydrogen) atoms. The molecule has 3 N–H and O–H groups in total. The first-order chi connectivity index (χ1) is 17.0. The molecule has 0 heterocycles. The van der Waals surface area contributed by atoms with Gasteiger partial charge in [0.2, 0.25) is 5.91 Å². The molecule has 3 rings (SSSR count). The van der Waals surface area contributed by atoms with Crippen molar-refractivity contribution in [2.45, 2.75) is 57.8 Å². The normalized spacial score (nSPS) is 11.3. The highest BCUT2D eigenvalue weighted by atomic mass is 32.2. The lowest BCUT2D eigenvalue weighted by atomic mass is 9.91.